The van der Waals surface area contributed by atoms with E-state index < -0.39 is 5.91 Å². The first-order chi connectivity index (χ1) is 10.1. The number of hydrogen-bond acceptors (Lipinski definition) is 2. The van der Waals surface area contributed by atoms with E-state index in [4.69, 9.17) is 0 Å². The first-order valence-corrected chi connectivity index (χ1v) is 7.62. The molecule has 0 heterocycles. The van der Waals surface area contributed by atoms with Crippen LogP contribution in [-0.2, 0) is 4.79 Å². The molecule has 21 heavy (non-hydrogen) atoms. The van der Waals surface area contributed by atoms with Gasteiger partial charge in [0.05, 0.1) is 5.69 Å². The molecular formula is C16H10Br2N2O. The summed E-state index contributed by atoms with van der Waals surface area (Å²) in [4.78, 5) is 12.2. The zero-order chi connectivity index (χ0) is 15.2. The third-order valence-electron chi connectivity index (χ3n) is 2.65. The smallest absolute Gasteiger partial charge is 0.266 e. The van der Waals surface area contributed by atoms with Gasteiger partial charge < -0.3 is 5.32 Å². The number of halogens is 2. The number of nitrogens with one attached hydrogen (secondary N) is 1. The molecule has 1 N–H and O–H groups in total. The average molecular weight is 406 g/mol. The Hall–Kier alpha value is -1.90. The van der Waals surface area contributed by atoms with E-state index in [0.717, 1.165) is 14.5 Å². The van der Waals surface area contributed by atoms with Crippen molar-refractivity contribution in [2.45, 2.75) is 0 Å². The zero-order valence-electron chi connectivity index (χ0n) is 10.8. The largest absolute Gasteiger partial charge is 0.320 e. The standard InChI is InChI=1S/C16H10Br2N2O/c17-13-5-3-4-11(9-13)8-12(10-19)16(21)20-15-7-2-1-6-14(15)18/h1-9H,(H,20,21)/b12-8+. The van der Waals surface area contributed by atoms with Crippen molar-refractivity contribution in [1.82, 2.24) is 0 Å². The van der Waals surface area contributed by atoms with Gasteiger partial charge in [0.15, 0.2) is 0 Å². The van der Waals surface area contributed by atoms with Crippen molar-refractivity contribution in [3.05, 3.63) is 68.6 Å². The Labute approximate surface area is 139 Å². The number of benzene rings is 2. The second-order valence-corrected chi connectivity index (χ2v) is 5.93. The highest BCUT2D eigenvalue weighted by atomic mass is 79.9. The molecule has 0 aliphatic rings. The molecule has 2 aromatic rings. The highest BCUT2D eigenvalue weighted by molar-refractivity contribution is 9.10. The average Bonchev–Trinajstić information content (AvgIpc) is 2.47. The summed E-state index contributed by atoms with van der Waals surface area (Å²) in [7, 11) is 0. The summed E-state index contributed by atoms with van der Waals surface area (Å²) < 4.78 is 1.65. The van der Waals surface area contributed by atoms with Gasteiger partial charge in [0.1, 0.15) is 11.6 Å². The van der Waals surface area contributed by atoms with Crippen LogP contribution in [-0.4, -0.2) is 5.91 Å². The van der Waals surface area contributed by atoms with Crippen molar-refractivity contribution in [2.24, 2.45) is 0 Å². The Morgan fingerprint density at radius 2 is 1.90 bits per heavy atom. The molecule has 0 aliphatic carbocycles. The van der Waals surface area contributed by atoms with Gasteiger partial charge >= 0.3 is 0 Å². The summed E-state index contributed by atoms with van der Waals surface area (Å²) >= 11 is 6.70. The molecule has 0 unspecified atom stereocenters. The fraction of sp³-hybridized carbons (Fsp3) is 0. The normalized spacial score (nSPS) is 10.8. The van der Waals surface area contributed by atoms with E-state index in [2.05, 4.69) is 37.2 Å². The van der Waals surface area contributed by atoms with Gasteiger partial charge in [0.2, 0.25) is 0 Å². The number of carbonyl (C=O) groups is 1. The molecule has 5 heteroatoms. The molecule has 0 atom stereocenters. The van der Waals surface area contributed by atoms with Gasteiger partial charge in [-0.1, -0.05) is 40.2 Å². The van der Waals surface area contributed by atoms with E-state index in [1.807, 2.05) is 48.5 Å². The van der Waals surface area contributed by atoms with Crippen molar-refractivity contribution in [3.63, 3.8) is 0 Å². The molecule has 0 saturated carbocycles. The number of rotatable bonds is 3. The monoisotopic (exact) mass is 404 g/mol. The molecule has 2 rings (SSSR count). The van der Waals surface area contributed by atoms with Gasteiger partial charge in [0, 0.05) is 8.95 Å². The lowest BCUT2D eigenvalue weighted by Crippen LogP contribution is -2.13. The molecule has 0 fully saturated rings. The summed E-state index contributed by atoms with van der Waals surface area (Å²) in [5, 5.41) is 11.9. The number of nitriles is 1. The minimum absolute atomic E-state index is 0.0452. The molecule has 0 radical (unpaired) electrons. The third kappa shape index (κ3) is 4.28. The predicted octanol–water partition coefficient (Wildman–Crippen LogP) is 4.76. The first kappa shape index (κ1) is 15.5. The second kappa shape index (κ2) is 7.21. The van der Waals surface area contributed by atoms with E-state index in [9.17, 15) is 10.1 Å². The molecule has 0 aromatic heterocycles. The van der Waals surface area contributed by atoms with E-state index in [1.54, 1.807) is 12.1 Å². The van der Waals surface area contributed by atoms with Crippen molar-refractivity contribution in [3.8, 4) is 6.07 Å². The third-order valence-corrected chi connectivity index (χ3v) is 3.83. The Balaban J connectivity index is 2.24. The molecule has 1 amide bonds. The Kier molecular flexibility index (Phi) is 5.32. The van der Waals surface area contributed by atoms with Crippen molar-refractivity contribution >= 4 is 49.5 Å². The van der Waals surface area contributed by atoms with Gasteiger partial charge in [-0.3, -0.25) is 4.79 Å². The van der Waals surface area contributed by atoms with Gasteiger partial charge in [-0.05, 0) is 51.8 Å². The number of para-hydroxylation sites is 1. The van der Waals surface area contributed by atoms with Crippen molar-refractivity contribution < 1.29 is 4.79 Å². The van der Waals surface area contributed by atoms with Gasteiger partial charge in [-0.15, -0.1) is 0 Å². The summed E-state index contributed by atoms with van der Waals surface area (Å²) in [6.45, 7) is 0. The molecular weight excluding hydrogens is 396 g/mol. The molecule has 0 spiro atoms. The van der Waals surface area contributed by atoms with Gasteiger partial charge in [0.25, 0.3) is 5.91 Å². The lowest BCUT2D eigenvalue weighted by molar-refractivity contribution is -0.112. The first-order valence-electron chi connectivity index (χ1n) is 6.03. The minimum Gasteiger partial charge on any atom is -0.320 e. The number of nitrogens with zero attached hydrogens (tertiary/aromatic N) is 1. The van der Waals surface area contributed by atoms with Crippen LogP contribution in [0.4, 0.5) is 5.69 Å². The number of hydrogen-bond donors (Lipinski definition) is 1. The van der Waals surface area contributed by atoms with Crippen LogP contribution < -0.4 is 5.32 Å². The fourth-order valence-corrected chi connectivity index (χ4v) is 2.46. The van der Waals surface area contributed by atoms with Crippen LogP contribution in [0.3, 0.4) is 0 Å². The minimum atomic E-state index is -0.440. The maximum absolute atomic E-state index is 12.2. The molecule has 0 saturated heterocycles. The molecule has 0 aliphatic heterocycles. The van der Waals surface area contributed by atoms with Crippen LogP contribution in [0.1, 0.15) is 5.56 Å². The van der Waals surface area contributed by atoms with Crippen LogP contribution in [0.5, 0.6) is 0 Å². The summed E-state index contributed by atoms with van der Waals surface area (Å²) in [6, 6.07) is 16.6. The molecule has 3 nitrogen and oxygen atoms in total. The SMILES string of the molecule is N#C/C(=C\c1cccc(Br)c1)C(=O)Nc1ccccc1Br. The Bertz CT molecular complexity index is 748. The summed E-state index contributed by atoms with van der Waals surface area (Å²) in [6.07, 6.45) is 1.55. The van der Waals surface area contributed by atoms with E-state index >= 15 is 0 Å². The summed E-state index contributed by atoms with van der Waals surface area (Å²) in [5.74, 6) is -0.440. The Morgan fingerprint density at radius 3 is 2.57 bits per heavy atom. The summed E-state index contributed by atoms with van der Waals surface area (Å²) in [5.41, 5.74) is 1.45. The van der Waals surface area contributed by atoms with Gasteiger partial charge in [-0.2, -0.15) is 5.26 Å². The van der Waals surface area contributed by atoms with E-state index in [1.165, 1.54) is 0 Å². The van der Waals surface area contributed by atoms with Crippen molar-refractivity contribution in [2.75, 3.05) is 5.32 Å². The number of anilines is 1. The number of carbonyl (C=O) groups excluding carboxylic acids is 1. The molecule has 2 aromatic carbocycles. The van der Waals surface area contributed by atoms with E-state index in [-0.39, 0.29) is 5.57 Å². The van der Waals surface area contributed by atoms with Crippen molar-refractivity contribution in [1.29, 1.82) is 5.26 Å². The lowest BCUT2D eigenvalue weighted by Gasteiger charge is -2.06. The van der Waals surface area contributed by atoms with Gasteiger partial charge in [-0.25, -0.2) is 0 Å². The predicted molar refractivity (Wildman–Crippen MR) is 90.5 cm³/mol. The van der Waals surface area contributed by atoms with Crippen LogP contribution in [0.2, 0.25) is 0 Å². The fourth-order valence-electron chi connectivity index (χ4n) is 1.66. The quantitative estimate of drug-likeness (QED) is 0.591. The zero-order valence-corrected chi connectivity index (χ0v) is 14.0. The molecule has 0 bridgehead atoms. The highest BCUT2D eigenvalue weighted by Gasteiger charge is 2.10. The lowest BCUT2D eigenvalue weighted by atomic mass is 10.1. The van der Waals surface area contributed by atoms with Crippen LogP contribution in [0.15, 0.2) is 63.0 Å². The van der Waals surface area contributed by atoms with E-state index in [0.29, 0.717) is 5.69 Å². The van der Waals surface area contributed by atoms with Crippen LogP contribution in [0.25, 0.3) is 6.08 Å². The maximum atomic E-state index is 12.2. The van der Waals surface area contributed by atoms with Crippen LogP contribution >= 0.6 is 31.9 Å². The highest BCUT2D eigenvalue weighted by Crippen LogP contribution is 2.22. The second-order valence-electron chi connectivity index (χ2n) is 4.16. The number of amides is 1. The Morgan fingerprint density at radius 1 is 1.14 bits per heavy atom. The topological polar surface area (TPSA) is 52.9 Å². The molecule has 104 valence electrons. The maximum Gasteiger partial charge on any atom is 0.266 e. The van der Waals surface area contributed by atoms with Crippen LogP contribution in [0, 0.1) is 11.3 Å².